The summed E-state index contributed by atoms with van der Waals surface area (Å²) in [6.45, 7) is 4.08. The van der Waals surface area contributed by atoms with Crippen molar-refractivity contribution in [3.8, 4) is 5.75 Å². The van der Waals surface area contributed by atoms with Gasteiger partial charge in [0.1, 0.15) is 17.1 Å². The zero-order chi connectivity index (χ0) is 25.3. The highest BCUT2D eigenvalue weighted by Gasteiger charge is 2.28. The molecule has 0 atom stereocenters. The van der Waals surface area contributed by atoms with E-state index in [0.717, 1.165) is 17.5 Å². The Morgan fingerprint density at radius 2 is 1.69 bits per heavy atom. The number of carbonyl (C=O) groups excluding carboxylic acids is 2. The minimum absolute atomic E-state index is 0.189. The van der Waals surface area contributed by atoms with Crippen LogP contribution in [0.4, 0.5) is 18.9 Å². The lowest BCUT2D eigenvalue weighted by Gasteiger charge is -2.35. The lowest BCUT2D eigenvalue weighted by molar-refractivity contribution is 0.101. The molecule has 3 aromatic rings. The Hall–Kier alpha value is -4.07. The van der Waals surface area contributed by atoms with Crippen LogP contribution in [0.2, 0.25) is 0 Å². The molecule has 0 spiro atoms. The largest absolute Gasteiger partial charge is 0.497 e. The predicted octanol–water partition coefficient (Wildman–Crippen LogP) is 5.51. The number of nitrogens with one attached hydrogen (secondary N) is 2. The summed E-state index contributed by atoms with van der Waals surface area (Å²) < 4.78 is 46.5. The molecule has 2 N–H and O–H groups in total. The van der Waals surface area contributed by atoms with E-state index in [1.807, 2.05) is 32.0 Å². The molecule has 3 aromatic carbocycles. The molecule has 1 aliphatic heterocycles. The average Bonchev–Trinajstić information content (AvgIpc) is 2.81. The molecule has 0 radical (unpaired) electrons. The molecule has 0 fully saturated rings. The Bertz CT molecular complexity index is 1350. The number of methoxy groups -OCH3 is 1. The van der Waals surface area contributed by atoms with Gasteiger partial charge in [-0.2, -0.15) is 0 Å². The van der Waals surface area contributed by atoms with Crippen molar-refractivity contribution in [3.63, 3.8) is 0 Å². The van der Waals surface area contributed by atoms with E-state index < -0.39 is 28.9 Å². The summed E-state index contributed by atoms with van der Waals surface area (Å²) in [5, 5.41) is 5.71. The second-order valence-electron chi connectivity index (χ2n) is 8.88. The van der Waals surface area contributed by atoms with Crippen LogP contribution in [0.1, 0.15) is 45.7 Å². The van der Waals surface area contributed by atoms with Crippen LogP contribution >= 0.6 is 0 Å². The number of amides is 1. The molecule has 35 heavy (non-hydrogen) atoms. The summed E-state index contributed by atoms with van der Waals surface area (Å²) in [6, 6.07) is 12.8. The first-order valence-corrected chi connectivity index (χ1v) is 10.8. The number of ether oxygens (including phenoxy) is 1. The van der Waals surface area contributed by atoms with E-state index in [4.69, 9.17) is 4.74 Å². The molecule has 5 nitrogen and oxygen atoms in total. The van der Waals surface area contributed by atoms with E-state index in [9.17, 15) is 22.8 Å². The first-order valence-electron chi connectivity index (χ1n) is 10.8. The smallest absolute Gasteiger partial charge is 0.261 e. The minimum atomic E-state index is -1.57. The Kier molecular flexibility index (Phi) is 6.39. The van der Waals surface area contributed by atoms with E-state index >= 15 is 0 Å². The van der Waals surface area contributed by atoms with Gasteiger partial charge < -0.3 is 15.4 Å². The predicted molar refractivity (Wildman–Crippen MR) is 127 cm³/mol. The molecule has 0 unspecified atom stereocenters. The number of ketones is 1. The molecule has 180 valence electrons. The molecule has 1 amide bonds. The van der Waals surface area contributed by atoms with Crippen molar-refractivity contribution in [3.05, 3.63) is 100 Å². The molecule has 1 aliphatic rings. The van der Waals surface area contributed by atoms with Gasteiger partial charge in [-0.3, -0.25) is 9.59 Å². The summed E-state index contributed by atoms with van der Waals surface area (Å²) >= 11 is 0. The quantitative estimate of drug-likeness (QED) is 0.287. The third-order valence-corrected chi connectivity index (χ3v) is 5.69. The number of halogens is 3. The van der Waals surface area contributed by atoms with Crippen LogP contribution in [-0.4, -0.2) is 24.3 Å². The van der Waals surface area contributed by atoms with Gasteiger partial charge >= 0.3 is 0 Å². The number of allylic oxidation sites excluding steroid dienone is 1. The van der Waals surface area contributed by atoms with Gasteiger partial charge in [0.25, 0.3) is 5.91 Å². The summed E-state index contributed by atoms with van der Waals surface area (Å²) in [5.74, 6) is -4.82. The van der Waals surface area contributed by atoms with Crippen LogP contribution < -0.4 is 15.4 Å². The fourth-order valence-corrected chi connectivity index (χ4v) is 4.01. The lowest BCUT2D eigenvalue weighted by Crippen LogP contribution is -2.43. The molecule has 8 heteroatoms. The van der Waals surface area contributed by atoms with Crippen LogP contribution in [0.3, 0.4) is 0 Å². The van der Waals surface area contributed by atoms with Gasteiger partial charge in [0.05, 0.1) is 7.11 Å². The summed E-state index contributed by atoms with van der Waals surface area (Å²) in [6.07, 6.45) is 2.28. The molecular weight excluding hydrogens is 457 g/mol. The summed E-state index contributed by atoms with van der Waals surface area (Å²) in [4.78, 5) is 25.3. The second kappa shape index (κ2) is 9.29. The van der Waals surface area contributed by atoms with Crippen LogP contribution in [0.25, 0.3) is 5.70 Å². The van der Waals surface area contributed by atoms with Crippen LogP contribution in [0.15, 0.2) is 60.7 Å². The topological polar surface area (TPSA) is 67.4 Å². The summed E-state index contributed by atoms with van der Waals surface area (Å²) in [7, 11) is 1.58. The van der Waals surface area contributed by atoms with Crippen LogP contribution in [0.5, 0.6) is 5.75 Å². The molecular formula is C27H23F3N2O3. The van der Waals surface area contributed by atoms with Gasteiger partial charge in [-0.1, -0.05) is 6.07 Å². The number of anilines is 1. The minimum Gasteiger partial charge on any atom is -0.497 e. The van der Waals surface area contributed by atoms with Gasteiger partial charge in [0, 0.05) is 34.1 Å². The van der Waals surface area contributed by atoms with E-state index in [2.05, 4.69) is 10.6 Å². The number of benzene rings is 3. The lowest BCUT2D eigenvalue weighted by atomic mass is 9.85. The molecule has 4 rings (SSSR count). The molecule has 0 aromatic heterocycles. The first kappa shape index (κ1) is 24.1. The van der Waals surface area contributed by atoms with Crippen molar-refractivity contribution in [1.29, 1.82) is 0 Å². The normalized spacial score (nSPS) is 15.2. The first-order chi connectivity index (χ1) is 16.6. The van der Waals surface area contributed by atoms with Gasteiger partial charge in [0.2, 0.25) is 0 Å². The van der Waals surface area contributed by atoms with Gasteiger partial charge in [0.15, 0.2) is 17.4 Å². The molecule has 1 heterocycles. The Labute approximate surface area is 200 Å². The number of hydrogen-bond donors (Lipinski definition) is 2. The molecule has 0 bridgehead atoms. The maximum atomic E-state index is 13.9. The van der Waals surface area contributed by atoms with Crippen molar-refractivity contribution >= 4 is 23.1 Å². The third kappa shape index (κ3) is 5.06. The van der Waals surface area contributed by atoms with Gasteiger partial charge in [-0.05, 0) is 74.4 Å². The standard InChI is InChI=1S/C27H23F3N2O3/c1-27(2)14-16-6-9-18(35-3)12-19(16)22(32-27)13-23(33)15-4-7-17(8-5-15)31-26(34)24-20(28)10-11-21(29)25(24)30/h4-13,32H,14H2,1-3H3,(H,31,34)/b22-13-. The van der Waals surface area contributed by atoms with Crippen molar-refractivity contribution in [2.45, 2.75) is 25.8 Å². The van der Waals surface area contributed by atoms with Gasteiger partial charge in [-0.15, -0.1) is 0 Å². The maximum Gasteiger partial charge on any atom is 0.261 e. The van der Waals surface area contributed by atoms with Crippen LogP contribution in [0, 0.1) is 17.5 Å². The molecule has 0 saturated carbocycles. The van der Waals surface area contributed by atoms with Crippen molar-refractivity contribution in [2.24, 2.45) is 0 Å². The maximum absolute atomic E-state index is 13.9. The van der Waals surface area contributed by atoms with Gasteiger partial charge in [-0.25, -0.2) is 13.2 Å². The number of rotatable bonds is 5. The number of hydrogen-bond acceptors (Lipinski definition) is 4. The highest BCUT2D eigenvalue weighted by atomic mass is 19.2. The zero-order valence-corrected chi connectivity index (χ0v) is 19.3. The fourth-order valence-electron chi connectivity index (χ4n) is 4.01. The van der Waals surface area contributed by atoms with E-state index in [0.29, 0.717) is 29.1 Å². The van der Waals surface area contributed by atoms with E-state index in [1.54, 1.807) is 7.11 Å². The van der Waals surface area contributed by atoms with E-state index in [-0.39, 0.29) is 17.0 Å². The summed E-state index contributed by atoms with van der Waals surface area (Å²) in [5.41, 5.74) is 1.87. The second-order valence-corrected chi connectivity index (χ2v) is 8.88. The highest BCUT2D eigenvalue weighted by Crippen LogP contribution is 2.32. The fraction of sp³-hybridized carbons (Fsp3) is 0.185. The van der Waals surface area contributed by atoms with Crippen LogP contribution in [-0.2, 0) is 6.42 Å². The number of fused-ring (bicyclic) bond motifs is 1. The number of carbonyl (C=O) groups is 2. The highest BCUT2D eigenvalue weighted by molar-refractivity contribution is 6.09. The van der Waals surface area contributed by atoms with Crippen molar-refractivity contribution < 1.29 is 27.5 Å². The average molecular weight is 480 g/mol. The SMILES string of the molecule is COc1ccc2c(c1)/C(=C/C(=O)c1ccc(NC(=O)c3c(F)ccc(F)c3F)cc1)NC(C)(C)C2. The zero-order valence-electron chi connectivity index (χ0n) is 19.3. The van der Waals surface area contributed by atoms with E-state index in [1.165, 1.54) is 30.3 Å². The molecule has 0 saturated heterocycles. The monoisotopic (exact) mass is 480 g/mol. The third-order valence-electron chi connectivity index (χ3n) is 5.69. The van der Waals surface area contributed by atoms with Crippen molar-refractivity contribution in [1.82, 2.24) is 5.32 Å². The van der Waals surface area contributed by atoms with Crippen molar-refractivity contribution in [2.75, 3.05) is 12.4 Å². The molecule has 0 aliphatic carbocycles. The Balaban J connectivity index is 1.56. The Morgan fingerprint density at radius 3 is 2.37 bits per heavy atom. The Morgan fingerprint density at radius 1 is 1.00 bits per heavy atom.